The molecule has 0 atom stereocenters. The summed E-state index contributed by atoms with van der Waals surface area (Å²) < 4.78 is 0.603. The summed E-state index contributed by atoms with van der Waals surface area (Å²) in [4.78, 5) is 14.7. The van der Waals surface area contributed by atoms with Gasteiger partial charge in [-0.3, -0.25) is 9.69 Å². The Hall–Kier alpha value is -0.840. The van der Waals surface area contributed by atoms with Crippen molar-refractivity contribution in [2.45, 2.75) is 26.3 Å². The Labute approximate surface area is 127 Å². The highest BCUT2D eigenvalue weighted by Gasteiger charge is 2.38. The van der Waals surface area contributed by atoms with E-state index in [1.165, 1.54) is 11.8 Å². The smallest absolute Gasteiger partial charge is 0.266 e. The number of rotatable bonds is 1. The maximum absolute atomic E-state index is 12.4. The van der Waals surface area contributed by atoms with E-state index in [4.69, 9.17) is 23.8 Å². The molecule has 1 aromatic carbocycles. The zero-order chi connectivity index (χ0) is 14.2. The summed E-state index contributed by atoms with van der Waals surface area (Å²) in [5, 5.41) is 0.653. The third kappa shape index (κ3) is 3.19. The highest BCUT2D eigenvalue weighted by molar-refractivity contribution is 8.26. The van der Waals surface area contributed by atoms with E-state index in [2.05, 4.69) is 0 Å². The van der Waals surface area contributed by atoms with Crippen LogP contribution in [0.3, 0.4) is 0 Å². The van der Waals surface area contributed by atoms with E-state index < -0.39 is 0 Å². The van der Waals surface area contributed by atoms with Gasteiger partial charge in [0.1, 0.15) is 4.32 Å². The van der Waals surface area contributed by atoms with Gasteiger partial charge in [-0.2, -0.15) is 0 Å². The molecule has 19 heavy (non-hydrogen) atoms. The molecule has 0 aliphatic carbocycles. The lowest BCUT2D eigenvalue weighted by Crippen LogP contribution is -2.44. The summed E-state index contributed by atoms with van der Waals surface area (Å²) in [7, 11) is 0. The molecular weight excluding hydrogens is 298 g/mol. The number of amides is 1. The summed E-state index contributed by atoms with van der Waals surface area (Å²) in [6, 6.07) is 7.40. The first-order chi connectivity index (χ1) is 8.79. The van der Waals surface area contributed by atoms with Gasteiger partial charge >= 0.3 is 0 Å². The quantitative estimate of drug-likeness (QED) is 0.568. The van der Waals surface area contributed by atoms with Crippen molar-refractivity contribution in [2.75, 3.05) is 0 Å². The lowest BCUT2D eigenvalue weighted by atomic mass is 10.1. The maximum atomic E-state index is 12.4. The Bertz CT molecular complexity index is 575. The molecule has 0 aromatic heterocycles. The second-order valence-electron chi connectivity index (χ2n) is 5.24. The van der Waals surface area contributed by atoms with Crippen molar-refractivity contribution in [3.05, 3.63) is 39.8 Å². The average molecular weight is 312 g/mol. The normalized spacial score (nSPS) is 18.5. The first kappa shape index (κ1) is 14.6. The van der Waals surface area contributed by atoms with Gasteiger partial charge in [0, 0.05) is 10.6 Å². The van der Waals surface area contributed by atoms with E-state index in [9.17, 15) is 4.79 Å². The number of carbonyl (C=O) groups excluding carboxylic acids is 1. The highest BCUT2D eigenvalue weighted by Crippen LogP contribution is 2.36. The SMILES string of the molecule is CC(C)(C)N1C(=O)/C(=C\c2cccc(Cl)c2)SC1=S. The minimum atomic E-state index is -0.301. The largest absolute Gasteiger partial charge is 0.288 e. The Morgan fingerprint density at radius 1 is 1.37 bits per heavy atom. The molecule has 0 saturated carbocycles. The standard InChI is InChI=1S/C14H14ClNOS2/c1-14(2,3)16-12(17)11(19-13(16)18)8-9-5-4-6-10(15)7-9/h4-8H,1-3H3/b11-8+. The summed E-state index contributed by atoms with van der Waals surface area (Å²) in [6.45, 7) is 5.92. The number of nitrogens with zero attached hydrogens (tertiary/aromatic N) is 1. The number of benzene rings is 1. The van der Waals surface area contributed by atoms with Crippen LogP contribution in [0.5, 0.6) is 0 Å². The fraction of sp³-hybridized carbons (Fsp3) is 0.286. The van der Waals surface area contributed by atoms with Crippen LogP contribution in [-0.4, -0.2) is 20.7 Å². The van der Waals surface area contributed by atoms with Crippen molar-refractivity contribution in [2.24, 2.45) is 0 Å². The van der Waals surface area contributed by atoms with Gasteiger partial charge in [-0.05, 0) is 44.5 Å². The molecule has 1 amide bonds. The van der Waals surface area contributed by atoms with Crippen LogP contribution in [0.25, 0.3) is 6.08 Å². The van der Waals surface area contributed by atoms with Crippen LogP contribution < -0.4 is 0 Å². The Balaban J connectivity index is 2.34. The second-order valence-corrected chi connectivity index (χ2v) is 7.36. The zero-order valence-corrected chi connectivity index (χ0v) is 13.3. The predicted octanol–water partition coefficient (Wildman–Crippen LogP) is 4.34. The molecule has 0 radical (unpaired) electrons. The predicted molar refractivity (Wildman–Crippen MR) is 86.2 cm³/mol. The molecule has 0 spiro atoms. The van der Waals surface area contributed by atoms with Gasteiger partial charge in [0.15, 0.2) is 0 Å². The van der Waals surface area contributed by atoms with Gasteiger partial charge in [-0.1, -0.05) is 47.7 Å². The number of hydrogen-bond donors (Lipinski definition) is 0. The Morgan fingerprint density at radius 2 is 2.05 bits per heavy atom. The van der Waals surface area contributed by atoms with Crippen LogP contribution in [0.4, 0.5) is 0 Å². The van der Waals surface area contributed by atoms with Gasteiger partial charge in [-0.15, -0.1) is 0 Å². The van der Waals surface area contributed by atoms with E-state index in [1.54, 1.807) is 11.0 Å². The molecule has 100 valence electrons. The Morgan fingerprint density at radius 3 is 2.58 bits per heavy atom. The van der Waals surface area contributed by atoms with E-state index in [0.717, 1.165) is 5.56 Å². The molecule has 1 aliphatic heterocycles. The molecule has 2 rings (SSSR count). The van der Waals surface area contributed by atoms with Gasteiger partial charge in [0.2, 0.25) is 0 Å². The van der Waals surface area contributed by atoms with E-state index >= 15 is 0 Å². The van der Waals surface area contributed by atoms with Crippen molar-refractivity contribution in [1.82, 2.24) is 4.90 Å². The molecule has 1 aliphatic rings. The lowest BCUT2D eigenvalue weighted by Gasteiger charge is -2.30. The maximum Gasteiger partial charge on any atom is 0.266 e. The number of hydrogen-bond acceptors (Lipinski definition) is 3. The molecule has 5 heteroatoms. The van der Waals surface area contributed by atoms with Crippen molar-refractivity contribution in [3.63, 3.8) is 0 Å². The topological polar surface area (TPSA) is 20.3 Å². The van der Waals surface area contributed by atoms with Crippen molar-refractivity contribution < 1.29 is 4.79 Å². The lowest BCUT2D eigenvalue weighted by molar-refractivity contribution is -0.125. The number of carbonyl (C=O) groups is 1. The van der Waals surface area contributed by atoms with Crippen molar-refractivity contribution in [3.8, 4) is 0 Å². The molecule has 1 saturated heterocycles. The summed E-state index contributed by atoms with van der Waals surface area (Å²) >= 11 is 12.6. The third-order valence-electron chi connectivity index (χ3n) is 2.61. The fourth-order valence-electron chi connectivity index (χ4n) is 1.79. The summed E-state index contributed by atoms with van der Waals surface area (Å²) in [6.07, 6.45) is 1.83. The van der Waals surface area contributed by atoms with Crippen LogP contribution >= 0.6 is 35.6 Å². The average Bonchev–Trinajstić information content (AvgIpc) is 2.53. The molecule has 0 unspecified atom stereocenters. The van der Waals surface area contributed by atoms with Gasteiger partial charge in [0.05, 0.1) is 4.91 Å². The highest BCUT2D eigenvalue weighted by atomic mass is 35.5. The summed E-state index contributed by atoms with van der Waals surface area (Å²) in [5.41, 5.74) is 0.604. The monoisotopic (exact) mass is 311 g/mol. The molecule has 0 N–H and O–H groups in total. The zero-order valence-electron chi connectivity index (χ0n) is 10.9. The van der Waals surface area contributed by atoms with Crippen LogP contribution in [0.15, 0.2) is 29.2 Å². The molecule has 2 nitrogen and oxygen atoms in total. The number of thioether (sulfide) groups is 1. The first-order valence-corrected chi connectivity index (χ1v) is 7.43. The van der Waals surface area contributed by atoms with Crippen molar-refractivity contribution >= 4 is 51.9 Å². The van der Waals surface area contributed by atoms with Crippen molar-refractivity contribution in [1.29, 1.82) is 0 Å². The van der Waals surface area contributed by atoms with Crippen LogP contribution in [-0.2, 0) is 4.79 Å². The minimum absolute atomic E-state index is 0.0394. The van der Waals surface area contributed by atoms with E-state index in [-0.39, 0.29) is 11.4 Å². The molecule has 1 aromatic rings. The van der Waals surface area contributed by atoms with E-state index in [1.807, 2.05) is 45.0 Å². The first-order valence-electron chi connectivity index (χ1n) is 5.83. The molecular formula is C14H14ClNOS2. The second kappa shape index (κ2) is 5.27. The van der Waals surface area contributed by atoms with Crippen LogP contribution in [0.2, 0.25) is 5.02 Å². The van der Waals surface area contributed by atoms with Crippen LogP contribution in [0, 0.1) is 0 Å². The molecule has 1 heterocycles. The third-order valence-corrected chi connectivity index (χ3v) is 4.15. The minimum Gasteiger partial charge on any atom is -0.288 e. The molecule has 1 fully saturated rings. The molecule has 0 bridgehead atoms. The van der Waals surface area contributed by atoms with Gasteiger partial charge < -0.3 is 0 Å². The summed E-state index contributed by atoms with van der Waals surface area (Å²) in [5.74, 6) is -0.0394. The Kier molecular flexibility index (Phi) is 4.04. The van der Waals surface area contributed by atoms with Crippen LogP contribution in [0.1, 0.15) is 26.3 Å². The van der Waals surface area contributed by atoms with E-state index in [0.29, 0.717) is 14.2 Å². The number of halogens is 1. The number of thiocarbonyl (C=S) groups is 1. The fourth-order valence-corrected chi connectivity index (χ4v) is 3.63. The van der Waals surface area contributed by atoms with Gasteiger partial charge in [-0.25, -0.2) is 0 Å². The van der Waals surface area contributed by atoms with Gasteiger partial charge in [0.25, 0.3) is 5.91 Å².